The molecule has 5 rings (SSSR count). The minimum atomic E-state index is -4.25. The molecule has 0 spiro atoms. The van der Waals surface area contributed by atoms with Gasteiger partial charge in [-0.1, -0.05) is 56.3 Å². The molecule has 1 aliphatic carbocycles. The molecule has 50 heavy (non-hydrogen) atoms. The minimum Gasteiger partial charge on any atom is -0.748 e. The first-order valence-electron chi connectivity index (χ1n) is 17.4. The van der Waals surface area contributed by atoms with E-state index in [4.69, 9.17) is 4.74 Å². The SMILES string of the molecule is COC1=C(/C=C/C2=[N+](CCCCS(=O)(=O)[O-])c3ccccc3C2(C)C)CCC/C1=C\C=C1\N(CCCCS(=O)(=O)[O-])c2ccccc2C1(C)C. The molecule has 0 aromatic heterocycles. The second-order valence-corrected chi connectivity index (χ2v) is 17.4. The van der Waals surface area contributed by atoms with Gasteiger partial charge in [0, 0.05) is 59.0 Å². The summed E-state index contributed by atoms with van der Waals surface area (Å²) in [7, 11) is -6.80. The number of unbranched alkanes of at least 4 members (excludes halogenated alkanes) is 2. The van der Waals surface area contributed by atoms with Gasteiger partial charge in [-0.05, 0) is 87.3 Å². The molecule has 0 unspecified atom stereocenters. The van der Waals surface area contributed by atoms with Crippen molar-refractivity contribution in [2.75, 3.05) is 36.6 Å². The van der Waals surface area contributed by atoms with Crippen LogP contribution in [0.2, 0.25) is 0 Å². The molecule has 0 fully saturated rings. The van der Waals surface area contributed by atoms with Crippen LogP contribution in [0.25, 0.3) is 0 Å². The van der Waals surface area contributed by atoms with Crippen molar-refractivity contribution >= 4 is 37.3 Å². The Bertz CT molecular complexity index is 1980. The fourth-order valence-corrected chi connectivity index (χ4v) is 8.82. The third-order valence-electron chi connectivity index (χ3n) is 10.2. The first-order valence-corrected chi connectivity index (χ1v) is 20.6. The van der Waals surface area contributed by atoms with Gasteiger partial charge in [0.2, 0.25) is 5.69 Å². The number of benzene rings is 2. The van der Waals surface area contributed by atoms with Crippen LogP contribution in [0, 0.1) is 0 Å². The average Bonchev–Trinajstić information content (AvgIpc) is 3.40. The van der Waals surface area contributed by atoms with Crippen LogP contribution in [0.5, 0.6) is 0 Å². The van der Waals surface area contributed by atoms with E-state index in [2.05, 4.69) is 85.7 Å². The van der Waals surface area contributed by atoms with Gasteiger partial charge in [-0.2, -0.15) is 4.58 Å². The maximum absolute atomic E-state index is 11.2. The lowest BCUT2D eigenvalue weighted by Gasteiger charge is -2.27. The summed E-state index contributed by atoms with van der Waals surface area (Å²) in [6.45, 7) is 10.0. The maximum atomic E-state index is 11.2. The number of allylic oxidation sites excluding steroid dienone is 7. The number of fused-ring (bicyclic) bond motifs is 2. The number of nitrogens with zero attached hydrogens (tertiary/aromatic N) is 2. The van der Waals surface area contributed by atoms with Crippen molar-refractivity contribution in [2.24, 2.45) is 0 Å². The molecule has 11 heteroatoms. The number of para-hydroxylation sites is 2. The molecule has 0 saturated carbocycles. The Morgan fingerprint density at radius 1 is 0.800 bits per heavy atom. The van der Waals surface area contributed by atoms with E-state index in [0.29, 0.717) is 38.8 Å². The van der Waals surface area contributed by atoms with Crippen molar-refractivity contribution < 1.29 is 35.3 Å². The zero-order valence-corrected chi connectivity index (χ0v) is 31.4. The van der Waals surface area contributed by atoms with Gasteiger partial charge in [-0.3, -0.25) is 0 Å². The monoisotopic (exact) mass is 721 g/mol. The van der Waals surface area contributed by atoms with Crippen LogP contribution < -0.4 is 4.90 Å². The Morgan fingerprint density at radius 3 is 2.12 bits per heavy atom. The van der Waals surface area contributed by atoms with Gasteiger partial charge in [0.25, 0.3) is 0 Å². The molecule has 0 atom stereocenters. The first kappa shape index (κ1) is 37.7. The standard InChI is InChI=1S/C39H50N2O7S2/c1-38(2)31-17-6-8-19-33(31)40(25-10-12-27-49(42,43)44)35(38)23-21-29-15-14-16-30(37(29)48-5)22-24-36-39(3,4)32-18-7-9-20-34(32)41(36)26-11-13-28-50(45,46)47/h6-9,17-24H,10-16,25-28H2,1-5H3,(H-,42,43,44,45,46,47)/p-1. The molecule has 3 aliphatic rings. The van der Waals surface area contributed by atoms with Crippen LogP contribution >= 0.6 is 0 Å². The number of methoxy groups -OCH3 is 1. The molecule has 2 aromatic rings. The number of ether oxygens (including phenoxy) is 1. The Balaban J connectivity index is 1.46. The van der Waals surface area contributed by atoms with E-state index in [1.54, 1.807) is 7.11 Å². The average molecular weight is 722 g/mol. The van der Waals surface area contributed by atoms with Gasteiger partial charge in [0.1, 0.15) is 12.3 Å². The van der Waals surface area contributed by atoms with E-state index in [9.17, 15) is 25.9 Å². The predicted octanol–water partition coefficient (Wildman–Crippen LogP) is 6.96. The lowest BCUT2D eigenvalue weighted by Crippen LogP contribution is -2.28. The third-order valence-corrected chi connectivity index (χ3v) is 11.8. The summed E-state index contributed by atoms with van der Waals surface area (Å²) in [5, 5.41) is 0. The van der Waals surface area contributed by atoms with Crippen LogP contribution in [0.4, 0.5) is 11.4 Å². The van der Waals surface area contributed by atoms with Crippen LogP contribution in [0.3, 0.4) is 0 Å². The van der Waals surface area contributed by atoms with Crippen LogP contribution in [-0.2, 0) is 35.8 Å². The number of anilines is 1. The smallest absolute Gasteiger partial charge is 0.209 e. The second-order valence-electron chi connectivity index (χ2n) is 14.4. The van der Waals surface area contributed by atoms with E-state index in [0.717, 1.165) is 59.0 Å². The molecule has 0 amide bonds. The van der Waals surface area contributed by atoms with Gasteiger partial charge >= 0.3 is 0 Å². The summed E-state index contributed by atoms with van der Waals surface area (Å²) in [5.41, 5.74) is 8.44. The van der Waals surface area contributed by atoms with Crippen molar-refractivity contribution in [1.29, 1.82) is 0 Å². The lowest BCUT2D eigenvalue weighted by molar-refractivity contribution is -0.438. The quantitative estimate of drug-likeness (QED) is 0.116. The van der Waals surface area contributed by atoms with Crippen molar-refractivity contribution in [3.63, 3.8) is 0 Å². The van der Waals surface area contributed by atoms with Gasteiger partial charge in [-0.15, -0.1) is 0 Å². The van der Waals surface area contributed by atoms with Crippen molar-refractivity contribution in [2.45, 2.75) is 83.5 Å². The molecular formula is C39H49N2O7S2-. The topological polar surface area (TPSA) is 130 Å². The molecule has 2 aliphatic heterocycles. The zero-order chi connectivity index (χ0) is 36.3. The van der Waals surface area contributed by atoms with Gasteiger partial charge in [0.05, 0.1) is 32.8 Å². The predicted molar refractivity (Wildman–Crippen MR) is 197 cm³/mol. The summed E-state index contributed by atoms with van der Waals surface area (Å²) in [6, 6.07) is 16.6. The highest BCUT2D eigenvalue weighted by atomic mass is 32.2. The molecule has 0 radical (unpaired) electrons. The fraction of sp³-hybridized carbons (Fsp3) is 0.462. The second kappa shape index (κ2) is 15.0. The van der Waals surface area contributed by atoms with Gasteiger partial charge in [0.15, 0.2) is 5.71 Å². The number of rotatable bonds is 14. The fourth-order valence-electron chi connectivity index (χ4n) is 7.70. The van der Waals surface area contributed by atoms with E-state index in [1.807, 2.05) is 24.3 Å². The first-order chi connectivity index (χ1) is 23.5. The summed E-state index contributed by atoms with van der Waals surface area (Å²) >= 11 is 0. The normalized spacial score (nSPS) is 20.3. The molecular weight excluding hydrogens is 673 g/mol. The van der Waals surface area contributed by atoms with E-state index >= 15 is 0 Å². The summed E-state index contributed by atoms with van der Waals surface area (Å²) in [5.74, 6) is 0.129. The van der Waals surface area contributed by atoms with Crippen LogP contribution in [0.15, 0.2) is 95.4 Å². The van der Waals surface area contributed by atoms with Crippen molar-refractivity contribution in [3.8, 4) is 0 Å². The highest BCUT2D eigenvalue weighted by Crippen LogP contribution is 2.48. The zero-order valence-electron chi connectivity index (χ0n) is 29.8. The third kappa shape index (κ3) is 8.33. The summed E-state index contributed by atoms with van der Waals surface area (Å²) < 4.78 is 75.6. The molecule has 2 heterocycles. The van der Waals surface area contributed by atoms with E-state index in [1.165, 1.54) is 11.1 Å². The van der Waals surface area contributed by atoms with Gasteiger partial charge < -0.3 is 18.7 Å². The number of hydrogen-bond donors (Lipinski definition) is 0. The highest BCUT2D eigenvalue weighted by Gasteiger charge is 2.44. The minimum absolute atomic E-state index is 0.284. The Kier molecular flexibility index (Phi) is 11.3. The Morgan fingerprint density at radius 2 is 1.44 bits per heavy atom. The largest absolute Gasteiger partial charge is 0.748 e. The highest BCUT2D eigenvalue weighted by molar-refractivity contribution is 7.85. The molecule has 0 N–H and O–H groups in total. The van der Waals surface area contributed by atoms with E-state index < -0.39 is 20.2 Å². The Hall–Kier alpha value is -3.51. The van der Waals surface area contributed by atoms with Crippen molar-refractivity contribution in [1.82, 2.24) is 0 Å². The van der Waals surface area contributed by atoms with Crippen LogP contribution in [0.1, 0.15) is 83.8 Å². The molecule has 0 saturated heterocycles. The van der Waals surface area contributed by atoms with E-state index in [-0.39, 0.29) is 22.3 Å². The van der Waals surface area contributed by atoms with Crippen molar-refractivity contribution in [3.05, 3.63) is 107 Å². The lowest BCUT2D eigenvalue weighted by atomic mass is 9.81. The molecule has 270 valence electrons. The van der Waals surface area contributed by atoms with Gasteiger partial charge in [-0.25, -0.2) is 16.8 Å². The number of hydrogen-bond acceptors (Lipinski definition) is 8. The Labute approximate surface area is 298 Å². The van der Waals surface area contributed by atoms with Crippen LogP contribution in [-0.4, -0.2) is 67.9 Å². The summed E-state index contributed by atoms with van der Waals surface area (Å²) in [6.07, 6.45) is 13.1. The maximum Gasteiger partial charge on any atom is 0.209 e. The molecule has 9 nitrogen and oxygen atoms in total. The molecule has 2 aromatic carbocycles. The molecule has 0 bridgehead atoms. The summed E-state index contributed by atoms with van der Waals surface area (Å²) in [4.78, 5) is 2.25.